The van der Waals surface area contributed by atoms with Crippen LogP contribution in [-0.2, 0) is 0 Å². The molecule has 0 bridgehead atoms. The van der Waals surface area contributed by atoms with Crippen molar-refractivity contribution in [3.8, 4) is 0 Å². The Labute approximate surface area is 105 Å². The molecule has 4 nitrogen and oxygen atoms in total. The molecule has 2 rings (SSSR count). The Bertz CT molecular complexity index is 239. The quantitative estimate of drug-likeness (QED) is 0.734. The zero-order chi connectivity index (χ0) is 12.4. The van der Waals surface area contributed by atoms with Crippen LogP contribution in [0.4, 0.5) is 0 Å². The predicted octanol–water partition coefficient (Wildman–Crippen LogP) is 0.630. The number of aliphatic hydroxyl groups excluding tert-OH is 1. The van der Waals surface area contributed by atoms with Gasteiger partial charge in [0.1, 0.15) is 0 Å². The molecular formula is C13H27N3O. The van der Waals surface area contributed by atoms with Gasteiger partial charge in [-0.25, -0.2) is 0 Å². The molecule has 4 heteroatoms. The van der Waals surface area contributed by atoms with Crippen LogP contribution >= 0.6 is 0 Å². The second-order valence-corrected chi connectivity index (χ2v) is 5.90. The fourth-order valence-electron chi connectivity index (χ4n) is 3.32. The lowest BCUT2D eigenvalue weighted by Gasteiger charge is -2.40. The number of aliphatic hydroxyl groups is 1. The van der Waals surface area contributed by atoms with Crippen LogP contribution in [-0.4, -0.2) is 73.0 Å². The molecule has 0 amide bonds. The van der Waals surface area contributed by atoms with Crippen molar-refractivity contribution in [2.45, 2.75) is 38.1 Å². The maximum atomic E-state index is 10.2. The van der Waals surface area contributed by atoms with Gasteiger partial charge in [-0.1, -0.05) is 0 Å². The minimum absolute atomic E-state index is 0.401. The topological polar surface area (TPSA) is 30.0 Å². The van der Waals surface area contributed by atoms with Gasteiger partial charge in [0.2, 0.25) is 0 Å². The monoisotopic (exact) mass is 241 g/mol. The third-order valence-electron chi connectivity index (χ3n) is 4.41. The van der Waals surface area contributed by atoms with Gasteiger partial charge in [0, 0.05) is 12.6 Å². The van der Waals surface area contributed by atoms with E-state index >= 15 is 0 Å². The highest BCUT2D eigenvalue weighted by molar-refractivity contribution is 4.88. The first-order valence-electron chi connectivity index (χ1n) is 6.88. The molecule has 0 aliphatic carbocycles. The molecular weight excluding hydrogens is 214 g/mol. The van der Waals surface area contributed by atoms with Gasteiger partial charge in [-0.3, -0.25) is 9.80 Å². The fourth-order valence-corrected chi connectivity index (χ4v) is 3.32. The van der Waals surface area contributed by atoms with Crippen LogP contribution in [0.3, 0.4) is 0 Å². The van der Waals surface area contributed by atoms with E-state index in [1.165, 1.54) is 38.8 Å². The van der Waals surface area contributed by atoms with Crippen molar-refractivity contribution >= 4 is 0 Å². The molecule has 2 saturated heterocycles. The van der Waals surface area contributed by atoms with Crippen LogP contribution in [0.2, 0.25) is 0 Å². The Morgan fingerprint density at radius 3 is 2.35 bits per heavy atom. The van der Waals surface area contributed by atoms with Crippen molar-refractivity contribution in [3.63, 3.8) is 0 Å². The molecule has 2 atom stereocenters. The number of likely N-dealkylation sites (tertiary alicyclic amines) is 2. The van der Waals surface area contributed by atoms with Gasteiger partial charge in [0.05, 0.1) is 0 Å². The maximum Gasteiger partial charge on any atom is 0.165 e. The van der Waals surface area contributed by atoms with E-state index in [4.69, 9.17) is 0 Å². The minimum atomic E-state index is -0.401. The van der Waals surface area contributed by atoms with E-state index in [1.54, 1.807) is 0 Å². The second kappa shape index (κ2) is 5.65. The van der Waals surface area contributed by atoms with Crippen LogP contribution in [0, 0.1) is 5.92 Å². The zero-order valence-corrected chi connectivity index (χ0v) is 11.5. The lowest BCUT2D eigenvalue weighted by atomic mass is 9.88. The zero-order valence-electron chi connectivity index (χ0n) is 11.5. The number of nitrogens with zero attached hydrogens (tertiary/aromatic N) is 3. The third-order valence-corrected chi connectivity index (χ3v) is 4.41. The predicted molar refractivity (Wildman–Crippen MR) is 69.6 cm³/mol. The molecule has 0 aromatic rings. The third kappa shape index (κ3) is 2.99. The maximum absolute atomic E-state index is 10.2. The molecule has 2 aliphatic heterocycles. The summed E-state index contributed by atoms with van der Waals surface area (Å²) in [5.41, 5.74) is 0. The average molecular weight is 241 g/mol. The summed E-state index contributed by atoms with van der Waals surface area (Å²) in [5.74, 6) is 0.781. The summed E-state index contributed by atoms with van der Waals surface area (Å²) in [7, 11) is 6.11. The Hall–Kier alpha value is -0.160. The van der Waals surface area contributed by atoms with Crippen molar-refractivity contribution in [2.75, 3.05) is 40.8 Å². The first-order valence-corrected chi connectivity index (χ1v) is 6.88. The minimum Gasteiger partial charge on any atom is -0.365 e. The van der Waals surface area contributed by atoms with Crippen molar-refractivity contribution in [1.29, 1.82) is 0 Å². The highest BCUT2D eigenvalue weighted by Gasteiger charge is 2.36. The molecule has 17 heavy (non-hydrogen) atoms. The largest absolute Gasteiger partial charge is 0.365 e. The number of hydrogen-bond acceptors (Lipinski definition) is 4. The molecule has 2 unspecified atom stereocenters. The van der Waals surface area contributed by atoms with Crippen molar-refractivity contribution < 1.29 is 5.11 Å². The van der Waals surface area contributed by atoms with Gasteiger partial charge >= 0.3 is 0 Å². The van der Waals surface area contributed by atoms with Gasteiger partial charge in [-0.15, -0.1) is 0 Å². The summed E-state index contributed by atoms with van der Waals surface area (Å²) in [6.07, 6.45) is 4.68. The molecule has 2 aliphatic rings. The first kappa shape index (κ1) is 13.3. The Kier molecular flexibility index (Phi) is 4.42. The standard InChI is InChI=1S/C13H27N3O/c1-14(2)13(17)16-8-4-5-12(16)11-6-9-15(3)10-7-11/h11-13,17H,4-10H2,1-3H3. The Balaban J connectivity index is 1.95. The molecule has 0 radical (unpaired) electrons. The summed E-state index contributed by atoms with van der Waals surface area (Å²) in [6, 6.07) is 0.598. The smallest absolute Gasteiger partial charge is 0.165 e. The van der Waals surface area contributed by atoms with Crippen LogP contribution in [0.1, 0.15) is 25.7 Å². The summed E-state index contributed by atoms with van der Waals surface area (Å²) < 4.78 is 0. The SMILES string of the molecule is CN1CCC(C2CCCN2C(O)N(C)C)CC1. The van der Waals surface area contributed by atoms with E-state index in [9.17, 15) is 5.11 Å². The molecule has 0 aromatic carbocycles. The normalized spacial score (nSPS) is 31.2. The number of rotatable bonds is 3. The van der Waals surface area contributed by atoms with Gasteiger partial charge < -0.3 is 10.0 Å². The van der Waals surface area contributed by atoms with E-state index in [2.05, 4.69) is 16.8 Å². The van der Waals surface area contributed by atoms with E-state index in [0.29, 0.717) is 6.04 Å². The van der Waals surface area contributed by atoms with E-state index < -0.39 is 6.35 Å². The van der Waals surface area contributed by atoms with Crippen LogP contribution < -0.4 is 0 Å². The lowest BCUT2D eigenvalue weighted by molar-refractivity contribution is -0.108. The number of piperidine rings is 1. The molecule has 2 fully saturated rings. The summed E-state index contributed by atoms with van der Waals surface area (Å²) in [5, 5.41) is 10.2. The summed E-state index contributed by atoms with van der Waals surface area (Å²) >= 11 is 0. The highest BCUT2D eigenvalue weighted by atomic mass is 16.3. The summed E-state index contributed by atoms with van der Waals surface area (Å²) in [4.78, 5) is 6.63. The van der Waals surface area contributed by atoms with Crippen molar-refractivity contribution in [3.05, 3.63) is 0 Å². The summed E-state index contributed by atoms with van der Waals surface area (Å²) in [6.45, 7) is 3.48. The molecule has 1 N–H and O–H groups in total. The molecule has 2 heterocycles. The average Bonchev–Trinajstić information content (AvgIpc) is 2.77. The van der Waals surface area contributed by atoms with Gasteiger partial charge in [-0.05, 0) is 65.8 Å². The highest BCUT2D eigenvalue weighted by Crippen LogP contribution is 2.31. The second-order valence-electron chi connectivity index (χ2n) is 5.90. The van der Waals surface area contributed by atoms with Crippen LogP contribution in [0.5, 0.6) is 0 Å². The molecule has 0 spiro atoms. The van der Waals surface area contributed by atoms with Crippen LogP contribution in [0.15, 0.2) is 0 Å². The van der Waals surface area contributed by atoms with E-state index in [1.807, 2.05) is 19.0 Å². The van der Waals surface area contributed by atoms with Crippen molar-refractivity contribution in [2.24, 2.45) is 5.92 Å². The van der Waals surface area contributed by atoms with Gasteiger partial charge in [0.15, 0.2) is 6.35 Å². The van der Waals surface area contributed by atoms with Crippen LogP contribution in [0.25, 0.3) is 0 Å². The molecule has 100 valence electrons. The fraction of sp³-hybridized carbons (Fsp3) is 1.00. The lowest BCUT2D eigenvalue weighted by Crippen LogP contribution is -2.51. The van der Waals surface area contributed by atoms with E-state index in [-0.39, 0.29) is 0 Å². The Morgan fingerprint density at radius 2 is 1.76 bits per heavy atom. The molecule has 0 aromatic heterocycles. The van der Waals surface area contributed by atoms with Gasteiger partial charge in [-0.2, -0.15) is 0 Å². The number of hydrogen-bond donors (Lipinski definition) is 1. The first-order chi connectivity index (χ1) is 8.09. The van der Waals surface area contributed by atoms with Gasteiger partial charge in [0.25, 0.3) is 0 Å². The Morgan fingerprint density at radius 1 is 1.12 bits per heavy atom. The van der Waals surface area contributed by atoms with E-state index in [0.717, 1.165) is 12.5 Å². The van der Waals surface area contributed by atoms with Crippen molar-refractivity contribution in [1.82, 2.24) is 14.7 Å². The molecule has 0 saturated carbocycles.